The van der Waals surface area contributed by atoms with Crippen molar-refractivity contribution in [3.05, 3.63) is 6.20 Å². The van der Waals surface area contributed by atoms with E-state index in [0.717, 1.165) is 5.82 Å². The van der Waals surface area contributed by atoms with Crippen LogP contribution in [0.3, 0.4) is 0 Å². The van der Waals surface area contributed by atoms with Crippen molar-refractivity contribution in [2.45, 2.75) is 0 Å². The first-order valence-corrected chi connectivity index (χ1v) is 3.28. The lowest BCUT2D eigenvalue weighted by Gasteiger charge is -2.00. The van der Waals surface area contributed by atoms with Crippen molar-refractivity contribution >= 4 is 18.1 Å². The molecule has 0 aromatic carbocycles. The highest BCUT2D eigenvalue weighted by Crippen LogP contribution is 2.01. The summed E-state index contributed by atoms with van der Waals surface area (Å²) in [5, 5.41) is 21.4. The van der Waals surface area contributed by atoms with E-state index in [1.807, 2.05) is 0 Å². The van der Waals surface area contributed by atoms with E-state index in [-0.39, 0.29) is 0 Å². The molecular weight excluding hydrogens is 158 g/mol. The van der Waals surface area contributed by atoms with E-state index < -0.39 is 0 Å². The molecule has 12 heavy (non-hydrogen) atoms. The Hall–Kier alpha value is -1.92. The summed E-state index contributed by atoms with van der Waals surface area (Å²) in [6.07, 6.45) is 2.95. The summed E-state index contributed by atoms with van der Waals surface area (Å²) in [6, 6.07) is 0. The van der Waals surface area contributed by atoms with Gasteiger partial charge in [0.15, 0.2) is 5.82 Å². The third-order valence-electron chi connectivity index (χ3n) is 1.34. The van der Waals surface area contributed by atoms with Gasteiger partial charge >= 0.3 is 0 Å². The monoisotopic (exact) mass is 164 g/mol. The molecule has 0 amide bonds. The molecule has 7 heteroatoms. The minimum Gasteiger partial charge on any atom is -0.306 e. The number of anilines is 1. The van der Waals surface area contributed by atoms with Crippen LogP contribution in [0.4, 0.5) is 5.82 Å². The van der Waals surface area contributed by atoms with Crippen molar-refractivity contribution in [1.29, 1.82) is 0 Å². The average Bonchev–Trinajstić information content (AvgIpc) is 2.65. The SMILES string of the molecule is Cn1nncc1NC1=NN=C[N]1. The van der Waals surface area contributed by atoms with Crippen LogP contribution in [0.15, 0.2) is 16.4 Å². The zero-order chi connectivity index (χ0) is 8.39. The summed E-state index contributed by atoms with van der Waals surface area (Å²) in [5.41, 5.74) is 0. The van der Waals surface area contributed by atoms with E-state index in [1.54, 1.807) is 17.9 Å². The highest BCUT2D eigenvalue weighted by Gasteiger charge is 2.06. The van der Waals surface area contributed by atoms with Crippen LogP contribution in [0, 0.1) is 0 Å². The zero-order valence-corrected chi connectivity index (χ0v) is 6.34. The molecule has 0 aliphatic carbocycles. The maximum atomic E-state index is 3.83. The molecule has 0 saturated carbocycles. The Labute approximate surface area is 68.2 Å². The van der Waals surface area contributed by atoms with Crippen LogP contribution in [-0.4, -0.2) is 27.3 Å². The second kappa shape index (κ2) is 2.61. The molecule has 1 aliphatic heterocycles. The van der Waals surface area contributed by atoms with Crippen LogP contribution in [0.2, 0.25) is 0 Å². The summed E-state index contributed by atoms with van der Waals surface area (Å²) in [5.74, 6) is 1.17. The number of nitrogens with one attached hydrogen (secondary N) is 1. The quantitative estimate of drug-likeness (QED) is 0.586. The lowest BCUT2D eigenvalue weighted by atomic mass is 10.7. The molecule has 0 saturated heterocycles. The number of rotatable bonds is 1. The predicted octanol–water partition coefficient (Wildman–Crippen LogP) is -0.856. The summed E-state index contributed by atoms with van der Waals surface area (Å²) in [6.45, 7) is 0. The van der Waals surface area contributed by atoms with Gasteiger partial charge in [0, 0.05) is 7.05 Å². The second-order valence-electron chi connectivity index (χ2n) is 2.15. The predicted molar refractivity (Wildman–Crippen MR) is 42.7 cm³/mol. The standard InChI is InChI=1S/C5H6N7/c1-12-4(2-7-11-12)9-5-6-3-8-10-5/h2-3H,1H3,(H,9,10). The van der Waals surface area contributed by atoms with E-state index in [0.29, 0.717) is 5.96 Å². The molecule has 2 rings (SSSR count). The molecule has 2 heterocycles. The maximum Gasteiger partial charge on any atom is 0.249 e. The van der Waals surface area contributed by atoms with E-state index in [4.69, 9.17) is 0 Å². The Kier molecular flexibility index (Phi) is 1.47. The van der Waals surface area contributed by atoms with Crippen molar-refractivity contribution in [2.24, 2.45) is 17.3 Å². The fourth-order valence-corrected chi connectivity index (χ4v) is 0.762. The fraction of sp³-hybridized carbons (Fsp3) is 0.200. The summed E-state index contributed by atoms with van der Waals surface area (Å²) in [4.78, 5) is 0. The molecule has 0 fully saturated rings. The van der Waals surface area contributed by atoms with Crippen molar-refractivity contribution in [1.82, 2.24) is 20.3 Å². The van der Waals surface area contributed by atoms with Crippen molar-refractivity contribution in [2.75, 3.05) is 5.32 Å². The van der Waals surface area contributed by atoms with E-state index in [9.17, 15) is 0 Å². The van der Waals surface area contributed by atoms with Crippen LogP contribution in [0.25, 0.3) is 0 Å². The van der Waals surface area contributed by atoms with Gasteiger partial charge in [-0.25, -0.2) is 4.68 Å². The molecule has 7 nitrogen and oxygen atoms in total. The molecular formula is C5H6N7. The Morgan fingerprint density at radius 1 is 1.50 bits per heavy atom. The second-order valence-corrected chi connectivity index (χ2v) is 2.15. The molecule has 1 radical (unpaired) electrons. The van der Waals surface area contributed by atoms with Crippen LogP contribution in [0.1, 0.15) is 0 Å². The van der Waals surface area contributed by atoms with Gasteiger partial charge in [-0.2, -0.15) is 5.32 Å². The first-order valence-electron chi connectivity index (χ1n) is 3.28. The molecule has 1 N–H and O–H groups in total. The highest BCUT2D eigenvalue weighted by molar-refractivity contribution is 6.01. The van der Waals surface area contributed by atoms with Crippen molar-refractivity contribution in [3.8, 4) is 0 Å². The van der Waals surface area contributed by atoms with Gasteiger partial charge in [-0.3, -0.25) is 0 Å². The van der Waals surface area contributed by atoms with E-state index in [1.165, 1.54) is 6.34 Å². The summed E-state index contributed by atoms with van der Waals surface area (Å²) < 4.78 is 1.58. The van der Waals surface area contributed by atoms with Crippen LogP contribution >= 0.6 is 0 Å². The van der Waals surface area contributed by atoms with Crippen LogP contribution in [-0.2, 0) is 7.05 Å². The van der Waals surface area contributed by atoms with Crippen molar-refractivity contribution < 1.29 is 0 Å². The van der Waals surface area contributed by atoms with Crippen LogP contribution in [0.5, 0.6) is 0 Å². The average molecular weight is 164 g/mol. The van der Waals surface area contributed by atoms with E-state index >= 15 is 0 Å². The Bertz CT molecular complexity index is 335. The number of hydrogen-bond donors (Lipinski definition) is 1. The zero-order valence-electron chi connectivity index (χ0n) is 6.34. The summed E-state index contributed by atoms with van der Waals surface area (Å²) in [7, 11) is 1.77. The molecule has 0 bridgehead atoms. The topological polar surface area (TPSA) is 81.6 Å². The molecule has 1 aromatic rings. The third kappa shape index (κ3) is 1.11. The molecule has 0 unspecified atom stereocenters. The normalized spacial score (nSPS) is 14.2. The van der Waals surface area contributed by atoms with Gasteiger partial charge in [0.25, 0.3) is 0 Å². The van der Waals surface area contributed by atoms with Gasteiger partial charge in [0.1, 0.15) is 6.34 Å². The fourth-order valence-electron chi connectivity index (χ4n) is 0.762. The van der Waals surface area contributed by atoms with Gasteiger partial charge in [-0.05, 0) is 0 Å². The Balaban J connectivity index is 2.09. The van der Waals surface area contributed by atoms with E-state index in [2.05, 4.69) is 31.1 Å². The number of aryl methyl sites for hydroxylation is 1. The maximum absolute atomic E-state index is 3.83. The van der Waals surface area contributed by atoms with Gasteiger partial charge < -0.3 is 5.32 Å². The largest absolute Gasteiger partial charge is 0.306 e. The lowest BCUT2D eigenvalue weighted by molar-refractivity contribution is 0.722. The summed E-state index contributed by atoms with van der Waals surface area (Å²) >= 11 is 0. The number of aromatic nitrogens is 3. The number of nitrogens with zero attached hydrogens (tertiary/aromatic N) is 6. The molecule has 1 aliphatic rings. The van der Waals surface area contributed by atoms with Crippen LogP contribution < -0.4 is 10.6 Å². The Morgan fingerprint density at radius 2 is 2.42 bits per heavy atom. The number of guanidine groups is 1. The molecule has 1 aromatic heterocycles. The highest BCUT2D eigenvalue weighted by atomic mass is 15.5. The van der Waals surface area contributed by atoms with Gasteiger partial charge in [0.05, 0.1) is 6.20 Å². The molecule has 0 spiro atoms. The van der Waals surface area contributed by atoms with Gasteiger partial charge in [0.2, 0.25) is 5.96 Å². The van der Waals surface area contributed by atoms with Gasteiger partial charge in [-0.15, -0.1) is 15.3 Å². The third-order valence-corrected chi connectivity index (χ3v) is 1.34. The molecule has 61 valence electrons. The van der Waals surface area contributed by atoms with Crippen molar-refractivity contribution in [3.63, 3.8) is 0 Å². The first-order chi connectivity index (χ1) is 5.86. The lowest BCUT2D eigenvalue weighted by Crippen LogP contribution is -2.21. The first kappa shape index (κ1) is 6.77. The Morgan fingerprint density at radius 3 is 3.00 bits per heavy atom. The smallest absolute Gasteiger partial charge is 0.249 e. The minimum atomic E-state index is 0.445. The minimum absolute atomic E-state index is 0.445. The molecule has 0 atom stereocenters. The number of hydrogen-bond acceptors (Lipinski definition) is 5. The van der Waals surface area contributed by atoms with Gasteiger partial charge in [-0.1, -0.05) is 5.21 Å².